The standard InChI is InChI=1S/C21H23ClN2O2/c1-15-14-18(22)8-9-19(15)23-20(26)21(17-6-4-3-5-7-17)10-12-24(13-11-21)16(2)25/h3-9,14H,10-13H2,1-2H3,(H,23,26). The Balaban J connectivity index is 1.91. The average molecular weight is 371 g/mol. The molecule has 1 heterocycles. The SMILES string of the molecule is CC(=O)N1CCC(C(=O)Nc2ccc(Cl)cc2C)(c2ccccc2)CC1. The van der Waals surface area contributed by atoms with E-state index in [1.807, 2.05) is 54.3 Å². The van der Waals surface area contributed by atoms with Gasteiger partial charge in [-0.15, -0.1) is 0 Å². The molecule has 3 rings (SSSR count). The van der Waals surface area contributed by atoms with Crippen molar-refractivity contribution in [2.24, 2.45) is 0 Å². The summed E-state index contributed by atoms with van der Waals surface area (Å²) in [6, 6.07) is 15.3. The molecular formula is C21H23ClN2O2. The Morgan fingerprint density at radius 1 is 1.08 bits per heavy atom. The summed E-state index contributed by atoms with van der Waals surface area (Å²) in [7, 11) is 0. The van der Waals surface area contributed by atoms with Gasteiger partial charge in [0.1, 0.15) is 0 Å². The molecule has 26 heavy (non-hydrogen) atoms. The number of rotatable bonds is 3. The van der Waals surface area contributed by atoms with Crippen molar-refractivity contribution in [1.29, 1.82) is 0 Å². The number of nitrogens with one attached hydrogen (secondary N) is 1. The third-order valence-corrected chi connectivity index (χ3v) is 5.50. The molecule has 0 aliphatic carbocycles. The molecule has 1 fully saturated rings. The molecule has 1 aliphatic rings. The number of carbonyl (C=O) groups excluding carboxylic acids is 2. The molecule has 4 nitrogen and oxygen atoms in total. The Hall–Kier alpha value is -2.33. The number of piperidine rings is 1. The first-order chi connectivity index (χ1) is 12.4. The highest BCUT2D eigenvalue weighted by atomic mass is 35.5. The van der Waals surface area contributed by atoms with Gasteiger partial charge in [-0.1, -0.05) is 41.9 Å². The Labute approximate surface area is 159 Å². The molecule has 136 valence electrons. The first-order valence-corrected chi connectivity index (χ1v) is 9.19. The summed E-state index contributed by atoms with van der Waals surface area (Å²) in [6.45, 7) is 4.66. The number of aryl methyl sites for hydroxylation is 1. The van der Waals surface area contributed by atoms with Crippen LogP contribution in [0, 0.1) is 6.92 Å². The van der Waals surface area contributed by atoms with Gasteiger partial charge in [0.2, 0.25) is 11.8 Å². The molecule has 0 bridgehead atoms. The van der Waals surface area contributed by atoms with Crippen LogP contribution in [0.3, 0.4) is 0 Å². The molecule has 2 amide bonds. The van der Waals surface area contributed by atoms with E-state index in [9.17, 15) is 9.59 Å². The highest BCUT2D eigenvalue weighted by Gasteiger charge is 2.43. The zero-order chi connectivity index (χ0) is 18.7. The van der Waals surface area contributed by atoms with Gasteiger partial charge in [0, 0.05) is 30.7 Å². The monoisotopic (exact) mass is 370 g/mol. The van der Waals surface area contributed by atoms with Crippen LogP contribution < -0.4 is 5.32 Å². The Morgan fingerprint density at radius 3 is 2.31 bits per heavy atom. The molecule has 0 aromatic heterocycles. The van der Waals surface area contributed by atoms with E-state index in [-0.39, 0.29) is 11.8 Å². The second kappa shape index (κ2) is 7.50. The lowest BCUT2D eigenvalue weighted by molar-refractivity contribution is -0.133. The molecule has 1 saturated heterocycles. The van der Waals surface area contributed by atoms with Crippen molar-refractivity contribution in [3.63, 3.8) is 0 Å². The zero-order valence-corrected chi connectivity index (χ0v) is 15.8. The van der Waals surface area contributed by atoms with E-state index >= 15 is 0 Å². The largest absolute Gasteiger partial charge is 0.343 e. The van der Waals surface area contributed by atoms with E-state index in [1.165, 1.54) is 0 Å². The number of likely N-dealkylation sites (tertiary alicyclic amines) is 1. The molecule has 0 saturated carbocycles. The third kappa shape index (κ3) is 3.61. The fourth-order valence-electron chi connectivity index (χ4n) is 3.62. The minimum Gasteiger partial charge on any atom is -0.343 e. The minimum atomic E-state index is -0.640. The van der Waals surface area contributed by atoms with Crippen LogP contribution in [0.25, 0.3) is 0 Å². The fraction of sp³-hybridized carbons (Fsp3) is 0.333. The summed E-state index contributed by atoms with van der Waals surface area (Å²) in [5.74, 6) is 0.0259. The first-order valence-electron chi connectivity index (χ1n) is 8.81. The van der Waals surface area contributed by atoms with E-state index in [2.05, 4.69) is 5.32 Å². The fourth-order valence-corrected chi connectivity index (χ4v) is 3.84. The maximum Gasteiger partial charge on any atom is 0.235 e. The number of anilines is 1. The number of benzene rings is 2. The van der Waals surface area contributed by atoms with Crippen molar-refractivity contribution in [2.75, 3.05) is 18.4 Å². The molecule has 2 aromatic rings. The maximum absolute atomic E-state index is 13.4. The van der Waals surface area contributed by atoms with Gasteiger partial charge in [0.25, 0.3) is 0 Å². The Bertz CT molecular complexity index is 812. The van der Waals surface area contributed by atoms with E-state index in [0.29, 0.717) is 31.0 Å². The molecule has 5 heteroatoms. The molecule has 0 spiro atoms. The van der Waals surface area contributed by atoms with Gasteiger partial charge in [-0.25, -0.2) is 0 Å². The van der Waals surface area contributed by atoms with Crippen LogP contribution in [0.4, 0.5) is 5.69 Å². The lowest BCUT2D eigenvalue weighted by Crippen LogP contribution is -2.50. The summed E-state index contributed by atoms with van der Waals surface area (Å²) in [4.78, 5) is 26.9. The minimum absolute atomic E-state index is 0.0303. The van der Waals surface area contributed by atoms with Crippen molar-refractivity contribution >= 4 is 29.1 Å². The predicted molar refractivity (Wildman–Crippen MR) is 104 cm³/mol. The van der Waals surface area contributed by atoms with Crippen molar-refractivity contribution < 1.29 is 9.59 Å². The van der Waals surface area contributed by atoms with Gasteiger partial charge in [-0.3, -0.25) is 9.59 Å². The van der Waals surface area contributed by atoms with Gasteiger partial charge in [0.15, 0.2) is 0 Å². The summed E-state index contributed by atoms with van der Waals surface area (Å²) < 4.78 is 0. The van der Waals surface area contributed by atoms with Crippen LogP contribution in [-0.4, -0.2) is 29.8 Å². The topological polar surface area (TPSA) is 49.4 Å². The second-order valence-corrected chi connectivity index (χ2v) is 7.30. The van der Waals surface area contributed by atoms with Gasteiger partial charge in [0.05, 0.1) is 5.41 Å². The lowest BCUT2D eigenvalue weighted by Gasteiger charge is -2.41. The molecule has 2 aromatic carbocycles. The number of amides is 2. The number of carbonyl (C=O) groups is 2. The lowest BCUT2D eigenvalue weighted by atomic mass is 9.72. The number of halogens is 1. The quantitative estimate of drug-likeness (QED) is 0.881. The third-order valence-electron chi connectivity index (χ3n) is 5.26. The van der Waals surface area contributed by atoms with Gasteiger partial charge in [-0.2, -0.15) is 0 Å². The molecule has 0 radical (unpaired) electrons. The smallest absolute Gasteiger partial charge is 0.235 e. The van der Waals surface area contributed by atoms with Crippen LogP contribution in [0.15, 0.2) is 48.5 Å². The highest BCUT2D eigenvalue weighted by molar-refractivity contribution is 6.30. The van der Waals surface area contributed by atoms with E-state index < -0.39 is 5.41 Å². The van der Waals surface area contributed by atoms with Crippen LogP contribution in [0.2, 0.25) is 5.02 Å². The second-order valence-electron chi connectivity index (χ2n) is 6.87. The van der Waals surface area contributed by atoms with Crippen molar-refractivity contribution in [2.45, 2.75) is 32.1 Å². The van der Waals surface area contributed by atoms with Gasteiger partial charge < -0.3 is 10.2 Å². The summed E-state index contributed by atoms with van der Waals surface area (Å²) >= 11 is 6.02. The summed E-state index contributed by atoms with van der Waals surface area (Å²) in [5.41, 5.74) is 2.05. The van der Waals surface area contributed by atoms with Crippen LogP contribution in [0.1, 0.15) is 30.9 Å². The van der Waals surface area contributed by atoms with Crippen molar-refractivity contribution in [1.82, 2.24) is 4.90 Å². The molecule has 0 unspecified atom stereocenters. The number of hydrogen-bond donors (Lipinski definition) is 1. The summed E-state index contributed by atoms with van der Waals surface area (Å²) in [6.07, 6.45) is 1.21. The van der Waals surface area contributed by atoms with Crippen molar-refractivity contribution in [3.8, 4) is 0 Å². The van der Waals surface area contributed by atoms with Crippen LogP contribution >= 0.6 is 11.6 Å². The molecule has 0 atom stereocenters. The van der Waals surface area contributed by atoms with Crippen LogP contribution in [-0.2, 0) is 15.0 Å². The van der Waals surface area contributed by atoms with Gasteiger partial charge >= 0.3 is 0 Å². The average Bonchev–Trinajstić information content (AvgIpc) is 2.64. The first kappa shape index (κ1) is 18.5. The molecule has 1 aliphatic heterocycles. The number of hydrogen-bond acceptors (Lipinski definition) is 2. The van der Waals surface area contributed by atoms with E-state index in [4.69, 9.17) is 11.6 Å². The van der Waals surface area contributed by atoms with E-state index in [0.717, 1.165) is 16.8 Å². The Kier molecular flexibility index (Phi) is 5.33. The highest BCUT2D eigenvalue weighted by Crippen LogP contribution is 2.37. The van der Waals surface area contributed by atoms with Crippen molar-refractivity contribution in [3.05, 3.63) is 64.7 Å². The summed E-state index contributed by atoms with van der Waals surface area (Å²) in [5, 5.41) is 3.74. The Morgan fingerprint density at radius 2 is 1.73 bits per heavy atom. The molecular weight excluding hydrogens is 348 g/mol. The van der Waals surface area contributed by atoms with Crippen LogP contribution in [0.5, 0.6) is 0 Å². The zero-order valence-electron chi connectivity index (χ0n) is 15.1. The molecule has 1 N–H and O–H groups in total. The predicted octanol–water partition coefficient (Wildman–Crippen LogP) is 4.17. The number of nitrogens with zero attached hydrogens (tertiary/aromatic N) is 1. The van der Waals surface area contributed by atoms with Gasteiger partial charge in [-0.05, 0) is 49.1 Å². The van der Waals surface area contributed by atoms with E-state index in [1.54, 1.807) is 13.0 Å². The normalized spacial score (nSPS) is 16.2. The maximum atomic E-state index is 13.4.